The van der Waals surface area contributed by atoms with Gasteiger partial charge in [-0.05, 0) is 13.0 Å². The van der Waals surface area contributed by atoms with Gasteiger partial charge < -0.3 is 9.67 Å². The summed E-state index contributed by atoms with van der Waals surface area (Å²) in [5.74, 6) is -0.966. The number of hydrogen-bond donors (Lipinski definition) is 1. The third-order valence-electron chi connectivity index (χ3n) is 2.36. The molecule has 0 aliphatic carbocycles. The molecule has 0 unspecified atom stereocenters. The summed E-state index contributed by atoms with van der Waals surface area (Å²) in [5.41, 5.74) is 1.19. The van der Waals surface area contributed by atoms with Gasteiger partial charge in [0.25, 0.3) is 0 Å². The first-order chi connectivity index (χ1) is 8.06. The number of rotatable bonds is 4. The van der Waals surface area contributed by atoms with E-state index in [1.807, 2.05) is 12.3 Å². The number of carboxylic acids is 1. The summed E-state index contributed by atoms with van der Waals surface area (Å²) in [4.78, 5) is 15.3. The number of carboxylic acid groups (broad SMARTS) is 1. The van der Waals surface area contributed by atoms with Crippen molar-refractivity contribution in [2.45, 2.75) is 19.9 Å². The number of aryl methyl sites for hydroxylation is 3. The van der Waals surface area contributed by atoms with Gasteiger partial charge in [0.15, 0.2) is 0 Å². The molecule has 0 radical (unpaired) electrons. The largest absolute Gasteiger partial charge is 0.477 e. The molecule has 90 valence electrons. The van der Waals surface area contributed by atoms with E-state index < -0.39 is 5.97 Å². The summed E-state index contributed by atoms with van der Waals surface area (Å²) in [6.07, 6.45) is 2.33. The number of thiazole rings is 1. The molecule has 0 amide bonds. The van der Waals surface area contributed by atoms with Crippen LogP contribution in [-0.2, 0) is 13.0 Å². The lowest BCUT2D eigenvalue weighted by atomic mass is 10.3. The van der Waals surface area contributed by atoms with E-state index in [0.717, 1.165) is 10.7 Å². The number of nitrogens with zero attached hydrogens (tertiary/aromatic N) is 2. The second-order valence-electron chi connectivity index (χ2n) is 3.65. The molecule has 0 aliphatic rings. The molecule has 2 aromatic heterocycles. The summed E-state index contributed by atoms with van der Waals surface area (Å²) in [5, 5.41) is 12.4. The van der Waals surface area contributed by atoms with Crippen LogP contribution in [0.5, 0.6) is 0 Å². The van der Waals surface area contributed by atoms with E-state index in [1.54, 1.807) is 22.1 Å². The van der Waals surface area contributed by atoms with Crippen LogP contribution in [0.2, 0.25) is 5.02 Å². The van der Waals surface area contributed by atoms with Crippen molar-refractivity contribution >= 4 is 28.9 Å². The van der Waals surface area contributed by atoms with Crippen molar-refractivity contribution in [1.82, 2.24) is 9.55 Å². The van der Waals surface area contributed by atoms with Gasteiger partial charge in [-0.3, -0.25) is 0 Å². The zero-order valence-corrected chi connectivity index (χ0v) is 10.8. The lowest BCUT2D eigenvalue weighted by Crippen LogP contribution is -2.09. The lowest BCUT2D eigenvalue weighted by molar-refractivity contribution is 0.0685. The van der Waals surface area contributed by atoms with Crippen LogP contribution in [0.15, 0.2) is 17.6 Å². The SMILES string of the molecule is Cc1nc(CCn2cc(Cl)cc2C(=O)O)cs1. The molecule has 2 aromatic rings. The normalized spacial score (nSPS) is 10.7. The van der Waals surface area contributed by atoms with E-state index in [9.17, 15) is 4.79 Å². The van der Waals surface area contributed by atoms with Crippen LogP contribution in [-0.4, -0.2) is 20.6 Å². The summed E-state index contributed by atoms with van der Waals surface area (Å²) in [7, 11) is 0. The second kappa shape index (κ2) is 4.89. The maximum Gasteiger partial charge on any atom is 0.352 e. The molecule has 0 atom stereocenters. The average Bonchev–Trinajstić information content (AvgIpc) is 2.82. The quantitative estimate of drug-likeness (QED) is 0.929. The summed E-state index contributed by atoms with van der Waals surface area (Å²) in [6.45, 7) is 2.51. The highest BCUT2D eigenvalue weighted by atomic mass is 35.5. The first-order valence-corrected chi connectivity index (χ1v) is 6.32. The third-order valence-corrected chi connectivity index (χ3v) is 3.39. The Labute approximate surface area is 107 Å². The van der Waals surface area contributed by atoms with Gasteiger partial charge in [-0.1, -0.05) is 11.6 Å². The van der Waals surface area contributed by atoms with Gasteiger partial charge in [0.2, 0.25) is 0 Å². The molecule has 2 rings (SSSR count). The van der Waals surface area contributed by atoms with E-state index >= 15 is 0 Å². The minimum absolute atomic E-state index is 0.210. The molecule has 0 saturated carbocycles. The van der Waals surface area contributed by atoms with Crippen LogP contribution in [0, 0.1) is 6.92 Å². The first kappa shape index (κ1) is 12.1. The van der Waals surface area contributed by atoms with Crippen molar-refractivity contribution < 1.29 is 9.90 Å². The summed E-state index contributed by atoms with van der Waals surface area (Å²) < 4.78 is 1.64. The predicted octanol–water partition coefficient (Wildman–Crippen LogP) is 2.85. The van der Waals surface area contributed by atoms with Crippen molar-refractivity contribution in [3.05, 3.63) is 39.1 Å². The van der Waals surface area contributed by atoms with Crippen LogP contribution >= 0.6 is 22.9 Å². The van der Waals surface area contributed by atoms with E-state index in [4.69, 9.17) is 16.7 Å². The Balaban J connectivity index is 2.11. The van der Waals surface area contributed by atoms with Gasteiger partial charge in [-0.2, -0.15) is 0 Å². The smallest absolute Gasteiger partial charge is 0.352 e. The molecule has 0 fully saturated rings. The van der Waals surface area contributed by atoms with Crippen molar-refractivity contribution in [3.8, 4) is 0 Å². The zero-order valence-electron chi connectivity index (χ0n) is 9.18. The first-order valence-electron chi connectivity index (χ1n) is 5.06. The molecule has 6 heteroatoms. The molecule has 0 aliphatic heterocycles. The van der Waals surface area contributed by atoms with Crippen LogP contribution in [0.4, 0.5) is 0 Å². The minimum Gasteiger partial charge on any atom is -0.477 e. The lowest BCUT2D eigenvalue weighted by Gasteiger charge is -2.04. The van der Waals surface area contributed by atoms with Crippen molar-refractivity contribution in [2.75, 3.05) is 0 Å². The highest BCUT2D eigenvalue weighted by Crippen LogP contribution is 2.16. The van der Waals surface area contributed by atoms with E-state index in [1.165, 1.54) is 6.07 Å². The van der Waals surface area contributed by atoms with Crippen LogP contribution in [0.25, 0.3) is 0 Å². The fourth-order valence-corrected chi connectivity index (χ4v) is 2.47. The number of aromatic nitrogens is 2. The van der Waals surface area contributed by atoms with Gasteiger partial charge >= 0.3 is 5.97 Å². The monoisotopic (exact) mass is 270 g/mol. The van der Waals surface area contributed by atoms with Crippen LogP contribution in [0.3, 0.4) is 0 Å². The van der Waals surface area contributed by atoms with Gasteiger partial charge in [-0.15, -0.1) is 11.3 Å². The number of aromatic carboxylic acids is 1. The Kier molecular flexibility index (Phi) is 3.49. The van der Waals surface area contributed by atoms with E-state index in [-0.39, 0.29) is 5.69 Å². The fourth-order valence-electron chi connectivity index (χ4n) is 1.60. The minimum atomic E-state index is -0.966. The van der Waals surface area contributed by atoms with Gasteiger partial charge in [0.05, 0.1) is 15.7 Å². The van der Waals surface area contributed by atoms with Crippen LogP contribution < -0.4 is 0 Å². The highest BCUT2D eigenvalue weighted by Gasteiger charge is 2.11. The molecular formula is C11H11ClN2O2S. The molecule has 17 heavy (non-hydrogen) atoms. The molecule has 2 heterocycles. The Morgan fingerprint density at radius 2 is 2.41 bits per heavy atom. The molecule has 0 bridgehead atoms. The Morgan fingerprint density at radius 3 is 3.00 bits per heavy atom. The van der Waals surface area contributed by atoms with E-state index in [2.05, 4.69) is 4.98 Å². The molecule has 0 saturated heterocycles. The number of hydrogen-bond acceptors (Lipinski definition) is 3. The second-order valence-corrected chi connectivity index (χ2v) is 5.15. The van der Waals surface area contributed by atoms with Crippen molar-refractivity contribution in [1.29, 1.82) is 0 Å². The molecular weight excluding hydrogens is 260 g/mol. The molecule has 0 spiro atoms. The fraction of sp³-hybridized carbons (Fsp3) is 0.273. The molecule has 0 aromatic carbocycles. The number of halogens is 1. The average molecular weight is 271 g/mol. The predicted molar refractivity (Wildman–Crippen MR) is 67.0 cm³/mol. The topological polar surface area (TPSA) is 55.1 Å². The summed E-state index contributed by atoms with van der Waals surface area (Å²) >= 11 is 7.39. The Morgan fingerprint density at radius 1 is 1.65 bits per heavy atom. The Hall–Kier alpha value is -1.33. The van der Waals surface area contributed by atoms with Crippen LogP contribution in [0.1, 0.15) is 21.2 Å². The van der Waals surface area contributed by atoms with Gasteiger partial charge in [-0.25, -0.2) is 9.78 Å². The Bertz CT molecular complexity index is 547. The third kappa shape index (κ3) is 2.87. The number of carbonyl (C=O) groups is 1. The van der Waals surface area contributed by atoms with Gasteiger partial charge in [0.1, 0.15) is 5.69 Å². The zero-order chi connectivity index (χ0) is 12.4. The molecule has 1 N–H and O–H groups in total. The van der Waals surface area contributed by atoms with E-state index in [0.29, 0.717) is 18.0 Å². The maximum atomic E-state index is 11.0. The highest BCUT2D eigenvalue weighted by molar-refractivity contribution is 7.09. The standard InChI is InChI=1S/C11H11ClN2O2S/c1-7-13-9(6-17-7)2-3-14-5-8(12)4-10(14)11(15)16/h4-6H,2-3H2,1H3,(H,15,16). The molecule has 4 nitrogen and oxygen atoms in total. The van der Waals surface area contributed by atoms with Crippen molar-refractivity contribution in [3.63, 3.8) is 0 Å². The van der Waals surface area contributed by atoms with Crippen molar-refractivity contribution in [2.24, 2.45) is 0 Å². The van der Waals surface area contributed by atoms with Gasteiger partial charge in [0, 0.05) is 24.5 Å². The maximum absolute atomic E-state index is 11.0. The summed E-state index contributed by atoms with van der Waals surface area (Å²) in [6, 6.07) is 1.45.